The van der Waals surface area contributed by atoms with E-state index in [0.29, 0.717) is 19.6 Å². The Morgan fingerprint density at radius 1 is 1.41 bits per heavy atom. The number of nitrogens with zero attached hydrogens (tertiary/aromatic N) is 2. The normalized spacial score (nSPS) is 17.4. The lowest BCUT2D eigenvalue weighted by atomic mass is 10.1. The molecule has 0 aliphatic carbocycles. The minimum Gasteiger partial charge on any atom is -0.466 e. The number of furan rings is 1. The molecule has 1 atom stereocenters. The molecule has 1 fully saturated rings. The van der Waals surface area contributed by atoms with Gasteiger partial charge in [0.25, 0.3) is 0 Å². The van der Waals surface area contributed by atoms with E-state index in [9.17, 15) is 9.59 Å². The average Bonchev–Trinajstić information content (AvgIpc) is 2.69. The second-order valence-electron chi connectivity index (χ2n) is 5.79. The third-order valence-electron chi connectivity index (χ3n) is 4.09. The summed E-state index contributed by atoms with van der Waals surface area (Å²) in [6, 6.07) is 1.59. The molecule has 3 amide bonds. The summed E-state index contributed by atoms with van der Waals surface area (Å²) in [6.07, 6.45) is 0.811. The van der Waals surface area contributed by atoms with E-state index < -0.39 is 0 Å². The largest absolute Gasteiger partial charge is 0.466 e. The van der Waals surface area contributed by atoms with Crippen LogP contribution in [-0.2, 0) is 4.79 Å². The van der Waals surface area contributed by atoms with Gasteiger partial charge < -0.3 is 19.5 Å². The summed E-state index contributed by atoms with van der Waals surface area (Å²) in [6.45, 7) is 9.82. The lowest BCUT2D eigenvalue weighted by Crippen LogP contribution is -2.44. The van der Waals surface area contributed by atoms with Gasteiger partial charge in [-0.05, 0) is 40.2 Å². The maximum absolute atomic E-state index is 12.4. The molecule has 1 N–H and O–H groups in total. The Morgan fingerprint density at radius 3 is 2.73 bits per heavy atom. The molecule has 122 valence electrons. The van der Waals surface area contributed by atoms with Gasteiger partial charge in [-0.2, -0.15) is 0 Å². The molecule has 0 aromatic carbocycles. The molecule has 1 aromatic heterocycles. The average molecular weight is 307 g/mol. The molecular weight excluding hydrogens is 282 g/mol. The highest BCUT2D eigenvalue weighted by Crippen LogP contribution is 2.21. The summed E-state index contributed by atoms with van der Waals surface area (Å²) in [7, 11) is 0. The fraction of sp³-hybridized carbons (Fsp3) is 0.625. The first-order chi connectivity index (χ1) is 10.4. The van der Waals surface area contributed by atoms with Crippen LogP contribution in [0.3, 0.4) is 0 Å². The molecule has 6 heteroatoms. The van der Waals surface area contributed by atoms with Gasteiger partial charge >= 0.3 is 6.03 Å². The number of carbonyl (C=O) groups excluding carboxylic acids is 2. The molecule has 2 rings (SSSR count). The van der Waals surface area contributed by atoms with Crippen LogP contribution in [0.2, 0.25) is 0 Å². The van der Waals surface area contributed by atoms with Crippen molar-refractivity contribution < 1.29 is 14.0 Å². The van der Waals surface area contributed by atoms with E-state index in [1.807, 2.05) is 33.8 Å². The standard InChI is InChI=1S/C16H25N3O3/c1-5-18-7-6-8-19(10-15(18)20)16(21)17-12(3)14-9-11(2)22-13(14)4/h9,12H,5-8,10H2,1-4H3,(H,17,21). The van der Waals surface area contributed by atoms with Crippen molar-refractivity contribution in [2.45, 2.75) is 40.2 Å². The highest BCUT2D eigenvalue weighted by molar-refractivity contribution is 5.84. The van der Waals surface area contributed by atoms with Gasteiger partial charge in [-0.3, -0.25) is 4.79 Å². The van der Waals surface area contributed by atoms with Crippen molar-refractivity contribution in [3.8, 4) is 0 Å². The van der Waals surface area contributed by atoms with Crippen LogP contribution < -0.4 is 5.32 Å². The van der Waals surface area contributed by atoms with Crippen LogP contribution in [0.25, 0.3) is 0 Å². The molecular formula is C16H25N3O3. The first-order valence-electron chi connectivity index (χ1n) is 7.82. The van der Waals surface area contributed by atoms with E-state index in [1.54, 1.807) is 9.80 Å². The van der Waals surface area contributed by atoms with Crippen LogP contribution in [0, 0.1) is 13.8 Å². The van der Waals surface area contributed by atoms with Crippen molar-refractivity contribution in [3.63, 3.8) is 0 Å². The van der Waals surface area contributed by atoms with Gasteiger partial charge in [-0.1, -0.05) is 0 Å². The van der Waals surface area contributed by atoms with Gasteiger partial charge in [0, 0.05) is 25.2 Å². The summed E-state index contributed by atoms with van der Waals surface area (Å²) < 4.78 is 5.50. The number of hydrogen-bond acceptors (Lipinski definition) is 3. The van der Waals surface area contributed by atoms with E-state index in [-0.39, 0.29) is 24.5 Å². The Labute approximate surface area is 131 Å². The molecule has 1 aliphatic rings. The lowest BCUT2D eigenvalue weighted by molar-refractivity contribution is -0.130. The third-order valence-corrected chi connectivity index (χ3v) is 4.09. The second kappa shape index (κ2) is 6.85. The molecule has 0 bridgehead atoms. The van der Waals surface area contributed by atoms with Gasteiger partial charge in [0.05, 0.1) is 6.04 Å². The first kappa shape index (κ1) is 16.4. The molecule has 0 radical (unpaired) electrons. The molecule has 1 unspecified atom stereocenters. The van der Waals surface area contributed by atoms with Crippen LogP contribution in [0.1, 0.15) is 43.4 Å². The first-order valence-corrected chi connectivity index (χ1v) is 7.82. The van der Waals surface area contributed by atoms with Crippen LogP contribution in [0.5, 0.6) is 0 Å². The zero-order valence-electron chi connectivity index (χ0n) is 13.8. The maximum Gasteiger partial charge on any atom is 0.318 e. The number of aryl methyl sites for hydroxylation is 2. The Kier molecular flexibility index (Phi) is 5.11. The van der Waals surface area contributed by atoms with Crippen molar-refractivity contribution >= 4 is 11.9 Å². The third kappa shape index (κ3) is 3.61. The zero-order valence-corrected chi connectivity index (χ0v) is 13.8. The van der Waals surface area contributed by atoms with E-state index in [4.69, 9.17) is 4.42 Å². The van der Waals surface area contributed by atoms with Crippen molar-refractivity contribution in [1.29, 1.82) is 0 Å². The molecule has 1 saturated heterocycles. The van der Waals surface area contributed by atoms with E-state index in [1.165, 1.54) is 0 Å². The van der Waals surface area contributed by atoms with Crippen LogP contribution in [0.15, 0.2) is 10.5 Å². The van der Waals surface area contributed by atoms with Gasteiger partial charge in [0.1, 0.15) is 18.1 Å². The second-order valence-corrected chi connectivity index (χ2v) is 5.79. The molecule has 0 spiro atoms. The molecule has 1 aromatic rings. The molecule has 22 heavy (non-hydrogen) atoms. The van der Waals surface area contributed by atoms with Crippen molar-refractivity contribution in [2.75, 3.05) is 26.2 Å². The van der Waals surface area contributed by atoms with Crippen molar-refractivity contribution in [2.24, 2.45) is 0 Å². The molecule has 6 nitrogen and oxygen atoms in total. The predicted molar refractivity (Wildman–Crippen MR) is 83.6 cm³/mol. The van der Waals surface area contributed by atoms with Gasteiger partial charge in [0.15, 0.2) is 0 Å². The summed E-state index contributed by atoms with van der Waals surface area (Å²) in [5, 5.41) is 2.96. The minimum atomic E-state index is -0.197. The van der Waals surface area contributed by atoms with Gasteiger partial charge in [0.2, 0.25) is 5.91 Å². The molecule has 0 saturated carbocycles. The fourth-order valence-corrected chi connectivity index (χ4v) is 2.86. The molecule has 1 aliphatic heterocycles. The minimum absolute atomic E-state index is 0.0122. The topological polar surface area (TPSA) is 65.8 Å². The molecule has 2 heterocycles. The summed E-state index contributed by atoms with van der Waals surface area (Å²) in [5.74, 6) is 1.66. The highest BCUT2D eigenvalue weighted by atomic mass is 16.3. The Morgan fingerprint density at radius 2 is 2.14 bits per heavy atom. The number of nitrogens with one attached hydrogen (secondary N) is 1. The smallest absolute Gasteiger partial charge is 0.318 e. The van der Waals surface area contributed by atoms with Crippen LogP contribution in [-0.4, -0.2) is 47.9 Å². The summed E-state index contributed by atoms with van der Waals surface area (Å²) in [5.41, 5.74) is 0.974. The highest BCUT2D eigenvalue weighted by Gasteiger charge is 2.25. The maximum atomic E-state index is 12.4. The fourth-order valence-electron chi connectivity index (χ4n) is 2.86. The number of likely N-dealkylation sites (N-methyl/N-ethyl adjacent to an activating group) is 1. The van der Waals surface area contributed by atoms with E-state index in [2.05, 4.69) is 5.32 Å². The number of urea groups is 1. The van der Waals surface area contributed by atoms with E-state index >= 15 is 0 Å². The number of rotatable bonds is 3. The van der Waals surface area contributed by atoms with Gasteiger partial charge in [-0.25, -0.2) is 4.79 Å². The predicted octanol–water partition coefficient (Wildman–Crippen LogP) is 2.22. The van der Waals surface area contributed by atoms with Crippen LogP contribution in [0.4, 0.5) is 4.79 Å². The number of hydrogen-bond donors (Lipinski definition) is 1. The van der Waals surface area contributed by atoms with Crippen molar-refractivity contribution in [1.82, 2.24) is 15.1 Å². The number of amides is 3. The van der Waals surface area contributed by atoms with E-state index in [0.717, 1.165) is 23.5 Å². The SMILES string of the molecule is CCN1CCCN(C(=O)NC(C)c2cc(C)oc2C)CC1=O. The van der Waals surface area contributed by atoms with Gasteiger partial charge in [-0.15, -0.1) is 0 Å². The monoisotopic (exact) mass is 307 g/mol. The van der Waals surface area contributed by atoms with Crippen LogP contribution >= 0.6 is 0 Å². The Balaban J connectivity index is 1.99. The quantitative estimate of drug-likeness (QED) is 0.931. The Bertz CT molecular complexity index is 553. The summed E-state index contributed by atoms with van der Waals surface area (Å²) in [4.78, 5) is 27.9. The number of carbonyl (C=O) groups is 2. The lowest BCUT2D eigenvalue weighted by Gasteiger charge is -2.23. The zero-order chi connectivity index (χ0) is 16.3. The summed E-state index contributed by atoms with van der Waals surface area (Å²) >= 11 is 0. The van der Waals surface area contributed by atoms with Crippen molar-refractivity contribution in [3.05, 3.63) is 23.2 Å². The Hall–Kier alpha value is -1.98.